The predicted octanol–water partition coefficient (Wildman–Crippen LogP) is 0.722. The summed E-state index contributed by atoms with van der Waals surface area (Å²) in [4.78, 5) is 24.9. The molecule has 0 saturated carbocycles. The van der Waals surface area contributed by atoms with E-state index in [4.69, 9.17) is 4.74 Å². The van der Waals surface area contributed by atoms with Gasteiger partial charge in [-0.05, 0) is 25.5 Å². The highest BCUT2D eigenvalue weighted by Crippen LogP contribution is 2.11. The van der Waals surface area contributed by atoms with Crippen molar-refractivity contribution in [3.05, 3.63) is 29.8 Å². The average molecular weight is 262 g/mol. The van der Waals surface area contributed by atoms with Crippen LogP contribution in [0.25, 0.3) is 0 Å². The maximum absolute atomic E-state index is 12.0. The molecule has 0 spiro atoms. The van der Waals surface area contributed by atoms with E-state index >= 15 is 0 Å². The fourth-order valence-electron chi connectivity index (χ4n) is 1.89. The molecule has 2 rings (SSSR count). The van der Waals surface area contributed by atoms with Gasteiger partial charge in [-0.25, -0.2) is 0 Å². The molecule has 1 aliphatic rings. The lowest BCUT2D eigenvalue weighted by Gasteiger charge is -2.19. The number of nitrogens with zero attached hydrogens (tertiary/aromatic N) is 1. The maximum atomic E-state index is 12.0. The molecule has 5 heteroatoms. The monoisotopic (exact) mass is 262 g/mol. The molecule has 0 aliphatic carbocycles. The number of benzene rings is 1. The van der Waals surface area contributed by atoms with Crippen LogP contribution in [0.1, 0.15) is 12.0 Å². The second-order valence-electron chi connectivity index (χ2n) is 4.62. The summed E-state index contributed by atoms with van der Waals surface area (Å²) in [6, 6.07) is 7.52. The van der Waals surface area contributed by atoms with Crippen LogP contribution in [-0.4, -0.2) is 43.0 Å². The van der Waals surface area contributed by atoms with Crippen LogP contribution in [0.2, 0.25) is 0 Å². The van der Waals surface area contributed by atoms with Gasteiger partial charge in [0.2, 0.25) is 5.91 Å². The van der Waals surface area contributed by atoms with E-state index < -0.39 is 0 Å². The number of ether oxygens (including phenoxy) is 1. The first-order valence-electron chi connectivity index (χ1n) is 6.39. The lowest BCUT2D eigenvalue weighted by Crippen LogP contribution is -2.39. The molecule has 1 fully saturated rings. The molecule has 0 unspecified atom stereocenters. The second-order valence-corrected chi connectivity index (χ2v) is 4.62. The Kier molecular flexibility index (Phi) is 4.39. The summed E-state index contributed by atoms with van der Waals surface area (Å²) in [5.41, 5.74) is 1.14. The van der Waals surface area contributed by atoms with Crippen molar-refractivity contribution in [2.45, 2.75) is 13.3 Å². The molecule has 1 aromatic rings. The molecule has 102 valence electrons. The van der Waals surface area contributed by atoms with Gasteiger partial charge in [0.1, 0.15) is 5.75 Å². The highest BCUT2D eigenvalue weighted by atomic mass is 16.5. The lowest BCUT2D eigenvalue weighted by molar-refractivity contribution is -0.136. The van der Waals surface area contributed by atoms with E-state index in [0.717, 1.165) is 12.0 Å². The Hall–Kier alpha value is -2.04. The molecule has 1 heterocycles. The summed E-state index contributed by atoms with van der Waals surface area (Å²) in [6.45, 7) is 3.30. The summed E-state index contributed by atoms with van der Waals surface area (Å²) in [5, 5.41) is 2.74. The molecule has 1 aliphatic heterocycles. The van der Waals surface area contributed by atoms with Crippen molar-refractivity contribution in [3.63, 3.8) is 0 Å². The molecule has 0 bridgehead atoms. The summed E-state index contributed by atoms with van der Waals surface area (Å²) in [5.74, 6) is 0.400. The van der Waals surface area contributed by atoms with Crippen LogP contribution in [0.5, 0.6) is 5.75 Å². The van der Waals surface area contributed by atoms with Gasteiger partial charge in [-0.15, -0.1) is 0 Å². The van der Waals surface area contributed by atoms with Gasteiger partial charge in [-0.3, -0.25) is 9.59 Å². The molecule has 19 heavy (non-hydrogen) atoms. The van der Waals surface area contributed by atoms with Crippen LogP contribution in [-0.2, 0) is 9.59 Å². The molecule has 2 amide bonds. The molecule has 1 aromatic carbocycles. The summed E-state index contributed by atoms with van der Waals surface area (Å²) < 4.78 is 5.43. The van der Waals surface area contributed by atoms with Crippen LogP contribution in [0.4, 0.5) is 0 Å². The smallest absolute Gasteiger partial charge is 0.260 e. The fourth-order valence-corrected chi connectivity index (χ4v) is 1.89. The molecule has 0 radical (unpaired) electrons. The molecule has 1 saturated heterocycles. The number of carbonyl (C=O) groups excluding carboxylic acids is 2. The van der Waals surface area contributed by atoms with Crippen molar-refractivity contribution in [2.75, 3.05) is 26.2 Å². The summed E-state index contributed by atoms with van der Waals surface area (Å²) in [7, 11) is 0. The first-order chi connectivity index (χ1) is 9.15. The van der Waals surface area contributed by atoms with Crippen molar-refractivity contribution in [1.29, 1.82) is 0 Å². The van der Waals surface area contributed by atoms with Crippen molar-refractivity contribution >= 4 is 11.8 Å². The van der Waals surface area contributed by atoms with Crippen molar-refractivity contribution in [3.8, 4) is 5.75 Å². The van der Waals surface area contributed by atoms with Gasteiger partial charge in [0, 0.05) is 13.1 Å². The van der Waals surface area contributed by atoms with Gasteiger partial charge >= 0.3 is 0 Å². The third-order valence-electron chi connectivity index (χ3n) is 3.00. The minimum Gasteiger partial charge on any atom is -0.484 e. The summed E-state index contributed by atoms with van der Waals surface area (Å²) in [6.07, 6.45) is 0.780. The van der Waals surface area contributed by atoms with E-state index in [1.807, 2.05) is 31.2 Å². The quantitative estimate of drug-likeness (QED) is 0.873. The predicted molar refractivity (Wildman–Crippen MR) is 70.9 cm³/mol. The minimum absolute atomic E-state index is 0.0314. The van der Waals surface area contributed by atoms with Crippen LogP contribution in [0, 0.1) is 6.92 Å². The number of aryl methyl sites for hydroxylation is 1. The SMILES string of the molecule is Cc1ccc(OCC(=O)N2CCCNC(=O)C2)cc1. The zero-order valence-corrected chi connectivity index (χ0v) is 11.0. The van der Waals surface area contributed by atoms with E-state index in [-0.39, 0.29) is 25.0 Å². The Bertz CT molecular complexity index is 456. The van der Waals surface area contributed by atoms with Crippen LogP contribution < -0.4 is 10.1 Å². The molecular weight excluding hydrogens is 244 g/mol. The van der Waals surface area contributed by atoms with Gasteiger partial charge in [0.25, 0.3) is 5.91 Å². The van der Waals surface area contributed by atoms with E-state index in [2.05, 4.69) is 5.32 Å². The van der Waals surface area contributed by atoms with E-state index in [9.17, 15) is 9.59 Å². The third-order valence-corrected chi connectivity index (χ3v) is 3.00. The van der Waals surface area contributed by atoms with Crippen LogP contribution in [0.3, 0.4) is 0 Å². The van der Waals surface area contributed by atoms with Crippen LogP contribution in [0.15, 0.2) is 24.3 Å². The fraction of sp³-hybridized carbons (Fsp3) is 0.429. The normalized spacial score (nSPS) is 15.6. The second kappa shape index (κ2) is 6.22. The van der Waals surface area contributed by atoms with Gasteiger partial charge in [0.15, 0.2) is 6.61 Å². The highest BCUT2D eigenvalue weighted by Gasteiger charge is 2.19. The largest absolute Gasteiger partial charge is 0.484 e. The molecule has 0 atom stereocenters. The zero-order valence-electron chi connectivity index (χ0n) is 11.0. The van der Waals surface area contributed by atoms with Crippen molar-refractivity contribution < 1.29 is 14.3 Å². The van der Waals surface area contributed by atoms with Gasteiger partial charge < -0.3 is 15.0 Å². The van der Waals surface area contributed by atoms with E-state index in [0.29, 0.717) is 18.8 Å². The number of hydrogen-bond donors (Lipinski definition) is 1. The zero-order chi connectivity index (χ0) is 13.7. The topological polar surface area (TPSA) is 58.6 Å². The van der Waals surface area contributed by atoms with Crippen LogP contribution >= 0.6 is 0 Å². The highest BCUT2D eigenvalue weighted by molar-refractivity contribution is 5.85. The molecule has 1 N–H and O–H groups in total. The Labute approximate surface area is 112 Å². The van der Waals surface area contributed by atoms with Crippen molar-refractivity contribution in [1.82, 2.24) is 10.2 Å². The molecular formula is C14H18N2O3. The van der Waals surface area contributed by atoms with E-state index in [1.54, 1.807) is 0 Å². The van der Waals surface area contributed by atoms with Gasteiger partial charge in [-0.1, -0.05) is 17.7 Å². The summed E-state index contributed by atoms with van der Waals surface area (Å²) >= 11 is 0. The molecule has 0 aromatic heterocycles. The molecule has 5 nitrogen and oxygen atoms in total. The standard InChI is InChI=1S/C14H18N2O3/c1-11-3-5-12(6-4-11)19-10-14(18)16-8-2-7-15-13(17)9-16/h3-6H,2,7-10H2,1H3,(H,15,17). The van der Waals surface area contributed by atoms with Gasteiger partial charge in [-0.2, -0.15) is 0 Å². The number of rotatable bonds is 3. The first-order valence-corrected chi connectivity index (χ1v) is 6.39. The Morgan fingerprint density at radius 3 is 2.84 bits per heavy atom. The number of carbonyl (C=O) groups is 2. The lowest BCUT2D eigenvalue weighted by atomic mass is 10.2. The Morgan fingerprint density at radius 1 is 1.37 bits per heavy atom. The Morgan fingerprint density at radius 2 is 2.11 bits per heavy atom. The van der Waals surface area contributed by atoms with Crippen molar-refractivity contribution in [2.24, 2.45) is 0 Å². The third kappa shape index (κ3) is 3.98. The first kappa shape index (κ1) is 13.4. The van der Waals surface area contributed by atoms with Gasteiger partial charge in [0.05, 0.1) is 6.54 Å². The Balaban J connectivity index is 1.86. The van der Waals surface area contributed by atoms with E-state index in [1.165, 1.54) is 4.90 Å². The minimum atomic E-state index is -0.155. The number of hydrogen-bond acceptors (Lipinski definition) is 3. The number of nitrogens with one attached hydrogen (secondary N) is 1. The average Bonchev–Trinajstić information content (AvgIpc) is 2.62. The maximum Gasteiger partial charge on any atom is 0.260 e. The number of amides is 2.